The first-order valence-corrected chi connectivity index (χ1v) is 8.38. The van der Waals surface area contributed by atoms with Crippen LogP contribution < -0.4 is 5.49 Å². The van der Waals surface area contributed by atoms with Crippen LogP contribution in [0.25, 0.3) is 0 Å². The number of aryl methyl sites for hydroxylation is 1. The van der Waals surface area contributed by atoms with Crippen molar-refractivity contribution in [2.45, 2.75) is 64.8 Å². The molecule has 0 spiro atoms. The summed E-state index contributed by atoms with van der Waals surface area (Å²) in [5.74, 6) is 0.744. The summed E-state index contributed by atoms with van der Waals surface area (Å²) in [5.41, 5.74) is 1.33. The van der Waals surface area contributed by atoms with Crippen molar-refractivity contribution in [2.24, 2.45) is 4.99 Å². The largest absolute Gasteiger partial charge is 0.348 e. The average Bonchev–Trinajstić information content (AvgIpc) is 2.48. The summed E-state index contributed by atoms with van der Waals surface area (Å²) in [6.45, 7) is 4.12. The number of rotatable bonds is 9. The Morgan fingerprint density at radius 2 is 2.10 bits per heavy atom. The highest BCUT2D eigenvalue weighted by Crippen LogP contribution is 2.12. The molecule has 0 aliphatic rings. The van der Waals surface area contributed by atoms with Gasteiger partial charge in [-0.05, 0) is 25.7 Å². The van der Waals surface area contributed by atoms with Crippen molar-refractivity contribution >= 4 is 23.2 Å². The average molecular weight is 319 g/mol. The van der Waals surface area contributed by atoms with Crippen LogP contribution in [0.15, 0.2) is 11.3 Å². The van der Waals surface area contributed by atoms with Gasteiger partial charge in [0.25, 0.3) is 0 Å². The van der Waals surface area contributed by atoms with Crippen molar-refractivity contribution in [3.63, 3.8) is 0 Å². The molecule has 1 atom stereocenters. The molecule has 1 heterocycles. The van der Waals surface area contributed by atoms with E-state index in [1.54, 1.807) is 0 Å². The first-order valence-electron chi connectivity index (χ1n) is 7.97. The highest BCUT2D eigenvalue weighted by molar-refractivity contribution is 6.30. The number of aromatic nitrogens is 2. The first kappa shape index (κ1) is 15.8. The van der Waals surface area contributed by atoms with E-state index in [0.717, 1.165) is 43.7 Å². The minimum atomic E-state index is 0.118. The molecule has 0 radical (unpaired) electrons. The molecule has 20 heavy (non-hydrogen) atoms. The summed E-state index contributed by atoms with van der Waals surface area (Å²) in [7, 11) is 0. The molecule has 0 fully saturated rings. The smallest absolute Gasteiger partial charge is 0.169 e. The predicted molar refractivity (Wildman–Crippen MR) is 86.4 cm³/mol. The summed E-state index contributed by atoms with van der Waals surface area (Å²) in [6.07, 6.45) is 7.44. The van der Waals surface area contributed by atoms with Crippen LogP contribution in [0.4, 0.5) is 0 Å². The number of hydrogen-bond donors (Lipinski definition) is 1. The molecular weight excluding hydrogens is 293 g/mol. The molecule has 0 amide bonds. The topological polar surface area (TPSA) is 41.0 Å². The first-order chi connectivity index (χ1) is 10.1. The van der Waals surface area contributed by atoms with Crippen molar-refractivity contribution in [3.8, 4) is 0 Å². The summed E-state index contributed by atoms with van der Waals surface area (Å²) in [6, 6.07) is 0.220. The van der Waals surface area contributed by atoms with Crippen molar-refractivity contribution in [3.05, 3.63) is 22.5 Å². The van der Waals surface area contributed by atoms with E-state index in [1.165, 1.54) is 12.8 Å². The molecule has 1 aromatic rings. The van der Waals surface area contributed by atoms with E-state index < -0.39 is 0 Å². The Morgan fingerprint density at radius 1 is 1.35 bits per heavy atom. The Balaban J connectivity index is 2.76. The fraction of sp³-hybridized carbons (Fsp3) is 0.733. The molecule has 114 valence electrons. The molecule has 1 unspecified atom stereocenters. The van der Waals surface area contributed by atoms with Gasteiger partial charge in [0.05, 0.1) is 12.3 Å². The lowest BCUT2D eigenvalue weighted by molar-refractivity contribution is 0.529. The lowest BCUT2D eigenvalue weighted by Crippen LogP contribution is -2.17. The number of halogens is 2. The van der Waals surface area contributed by atoms with Crippen LogP contribution in [-0.2, 0) is 6.42 Å². The Labute approximate surface area is 133 Å². The minimum absolute atomic E-state index is 0.118. The third kappa shape index (κ3) is 5.84. The lowest BCUT2D eigenvalue weighted by atomic mass is 10.1. The Morgan fingerprint density at radius 3 is 2.75 bits per heavy atom. The van der Waals surface area contributed by atoms with Crippen molar-refractivity contribution in [2.75, 3.05) is 5.88 Å². The van der Waals surface area contributed by atoms with E-state index in [2.05, 4.69) is 21.9 Å². The maximum absolute atomic E-state index is 7.69. The Hall–Kier alpha value is -0.540. The highest BCUT2D eigenvalue weighted by Gasteiger charge is 2.07. The van der Waals surface area contributed by atoms with Gasteiger partial charge in [-0.1, -0.05) is 44.7 Å². The van der Waals surface area contributed by atoms with Crippen LogP contribution >= 0.6 is 23.2 Å². The van der Waals surface area contributed by atoms with Crippen molar-refractivity contribution < 1.29 is 1.37 Å². The zero-order valence-electron chi connectivity index (χ0n) is 13.4. The molecule has 1 rings (SSSR count). The zero-order chi connectivity index (χ0) is 15.7. The Kier molecular flexibility index (Phi) is 8.10. The van der Waals surface area contributed by atoms with Crippen LogP contribution in [0.1, 0.15) is 59.4 Å². The lowest BCUT2D eigenvalue weighted by Gasteiger charge is -2.10. The molecule has 5 heteroatoms. The summed E-state index contributed by atoms with van der Waals surface area (Å²) >= 11 is 12.0. The van der Waals surface area contributed by atoms with Crippen molar-refractivity contribution in [1.29, 1.82) is 0 Å². The molecule has 0 bridgehead atoms. The standard InChI is InChI=1S/C15H25Cl2N3/c1-3-12(9-7-5-6-8-10-16)20-15-14(17)13(4-2)18-11-19-15/h11-12H,3-10H2,1-2H3,(H,18,19,20)/i11D. The number of hydrogen-bond acceptors (Lipinski definition) is 2. The van der Waals surface area contributed by atoms with E-state index in [0.29, 0.717) is 10.5 Å². The fourth-order valence-corrected chi connectivity index (χ4v) is 2.54. The summed E-state index contributed by atoms with van der Waals surface area (Å²) in [4.78, 5) is 11.7. The van der Waals surface area contributed by atoms with Gasteiger partial charge in [0, 0.05) is 11.6 Å². The fourth-order valence-electron chi connectivity index (χ4n) is 2.08. The number of unbranched alkanes of at least 4 members (excludes halogenated alkanes) is 3. The number of aromatic amines is 1. The van der Waals surface area contributed by atoms with Crippen LogP contribution in [-0.4, -0.2) is 21.9 Å². The molecule has 0 aliphatic heterocycles. The molecule has 0 saturated heterocycles. The second-order valence-electron chi connectivity index (χ2n) is 4.90. The second-order valence-corrected chi connectivity index (χ2v) is 5.66. The third-order valence-corrected chi connectivity index (χ3v) is 4.04. The van der Waals surface area contributed by atoms with E-state index in [9.17, 15) is 0 Å². The minimum Gasteiger partial charge on any atom is -0.348 e. The SMILES string of the molecule is [2H]c1nc(=NC(CC)CCCCCCCl)c(Cl)c(CC)[nH]1. The molecular formula is C15H25Cl2N3. The number of nitrogens with one attached hydrogen (secondary N) is 1. The van der Waals surface area contributed by atoms with Gasteiger partial charge >= 0.3 is 0 Å². The third-order valence-electron chi connectivity index (χ3n) is 3.38. The van der Waals surface area contributed by atoms with Gasteiger partial charge in [0.15, 0.2) is 5.49 Å². The monoisotopic (exact) mass is 318 g/mol. The normalized spacial score (nSPS) is 14.4. The summed E-state index contributed by atoms with van der Waals surface area (Å²) in [5, 5.41) is 0.550. The number of alkyl halides is 1. The van der Waals surface area contributed by atoms with Crippen LogP contribution in [0.5, 0.6) is 0 Å². The number of nitrogens with zero attached hydrogens (tertiary/aromatic N) is 2. The molecule has 0 saturated carbocycles. The van der Waals surface area contributed by atoms with Gasteiger partial charge in [0.1, 0.15) is 6.39 Å². The molecule has 3 nitrogen and oxygen atoms in total. The van der Waals surface area contributed by atoms with E-state index in [4.69, 9.17) is 24.6 Å². The Bertz CT molecular complexity index is 488. The van der Waals surface area contributed by atoms with Crippen LogP contribution in [0.2, 0.25) is 5.02 Å². The second kappa shape index (κ2) is 10.2. The van der Waals surface area contributed by atoms with Crippen molar-refractivity contribution in [1.82, 2.24) is 9.97 Å². The van der Waals surface area contributed by atoms with Gasteiger partial charge in [-0.25, -0.2) is 4.98 Å². The van der Waals surface area contributed by atoms with E-state index in [1.807, 2.05) is 6.92 Å². The van der Waals surface area contributed by atoms with Gasteiger partial charge in [-0.2, -0.15) is 0 Å². The van der Waals surface area contributed by atoms with Crippen LogP contribution in [0.3, 0.4) is 0 Å². The maximum atomic E-state index is 7.69. The molecule has 1 aromatic heterocycles. The van der Waals surface area contributed by atoms with Gasteiger partial charge in [0.2, 0.25) is 0 Å². The van der Waals surface area contributed by atoms with Gasteiger partial charge < -0.3 is 4.98 Å². The van der Waals surface area contributed by atoms with Gasteiger partial charge in [-0.15, -0.1) is 11.6 Å². The predicted octanol–water partition coefficient (Wildman–Crippen LogP) is 4.49. The molecule has 0 aromatic carbocycles. The molecule has 0 aliphatic carbocycles. The quantitative estimate of drug-likeness (QED) is 0.528. The van der Waals surface area contributed by atoms with Crippen LogP contribution in [0, 0.1) is 0 Å². The maximum Gasteiger partial charge on any atom is 0.169 e. The van der Waals surface area contributed by atoms with E-state index >= 15 is 0 Å². The van der Waals surface area contributed by atoms with Gasteiger partial charge in [-0.3, -0.25) is 4.99 Å². The zero-order valence-corrected chi connectivity index (χ0v) is 13.9. The molecule has 1 N–H and O–H groups in total. The summed E-state index contributed by atoms with van der Waals surface area (Å²) < 4.78 is 7.69. The number of H-pyrrole nitrogens is 1. The highest BCUT2D eigenvalue weighted by atomic mass is 35.5. The van der Waals surface area contributed by atoms with E-state index in [-0.39, 0.29) is 12.3 Å².